The number of carboxylic acids is 1. The van der Waals surface area contributed by atoms with Crippen molar-refractivity contribution in [2.75, 3.05) is 6.54 Å². The summed E-state index contributed by atoms with van der Waals surface area (Å²) in [6, 6.07) is 3.93. The first kappa shape index (κ1) is 30.0. The van der Waals surface area contributed by atoms with Crippen molar-refractivity contribution < 1.29 is 34.5 Å². The second kappa shape index (κ2) is 15.0. The molecule has 0 saturated heterocycles. The summed E-state index contributed by atoms with van der Waals surface area (Å²) in [6.07, 6.45) is -1.29. The first-order chi connectivity index (χ1) is 16.5. The Morgan fingerprint density at radius 2 is 1.43 bits per heavy atom. The van der Waals surface area contributed by atoms with Gasteiger partial charge in [0.05, 0.1) is 18.2 Å². The van der Waals surface area contributed by atoms with Crippen molar-refractivity contribution in [3.8, 4) is 0 Å². The van der Waals surface area contributed by atoms with Crippen molar-refractivity contribution in [1.82, 2.24) is 16.0 Å². The zero-order valence-corrected chi connectivity index (χ0v) is 20.0. The van der Waals surface area contributed by atoms with Gasteiger partial charge < -0.3 is 42.7 Å². The first-order valence-electron chi connectivity index (χ1n) is 11.5. The lowest BCUT2D eigenvalue weighted by molar-refractivity contribution is -0.146. The van der Waals surface area contributed by atoms with Gasteiger partial charge in [-0.2, -0.15) is 0 Å². The van der Waals surface area contributed by atoms with Gasteiger partial charge in [-0.3, -0.25) is 14.4 Å². The van der Waals surface area contributed by atoms with Gasteiger partial charge in [-0.05, 0) is 51.6 Å². The minimum atomic E-state index is -1.64. The van der Waals surface area contributed by atoms with Gasteiger partial charge in [0, 0.05) is 0 Å². The van der Waals surface area contributed by atoms with Gasteiger partial charge in [-0.15, -0.1) is 0 Å². The van der Waals surface area contributed by atoms with Crippen LogP contribution in [0.1, 0.15) is 38.7 Å². The molecule has 1 aromatic carbocycles. The Hall–Kier alpha value is -3.06. The van der Waals surface area contributed by atoms with E-state index in [1.54, 1.807) is 0 Å². The summed E-state index contributed by atoms with van der Waals surface area (Å²) in [7, 11) is 0. The molecule has 1 rings (SSSR count). The molecule has 6 unspecified atom stereocenters. The summed E-state index contributed by atoms with van der Waals surface area (Å²) in [6.45, 7) is 2.79. The Morgan fingerprint density at radius 1 is 0.857 bits per heavy atom. The average Bonchev–Trinajstić information content (AvgIpc) is 2.79. The molecule has 0 aliphatic carbocycles. The maximum absolute atomic E-state index is 13.0. The third-order valence-corrected chi connectivity index (χ3v) is 5.32. The van der Waals surface area contributed by atoms with Crippen molar-refractivity contribution in [2.45, 2.75) is 75.9 Å². The number of carbonyl (C=O) groups is 4. The number of rotatable bonds is 15. The van der Waals surface area contributed by atoms with Crippen molar-refractivity contribution in [3.05, 3.63) is 35.9 Å². The van der Waals surface area contributed by atoms with Crippen LogP contribution in [0.2, 0.25) is 0 Å². The molecular formula is C23H37N5O7. The number of aliphatic carboxylic acids is 1. The summed E-state index contributed by atoms with van der Waals surface area (Å²) in [5.41, 5.74) is 12.4. The molecule has 0 aliphatic rings. The summed E-state index contributed by atoms with van der Waals surface area (Å²) >= 11 is 0. The standard InChI is InChI=1S/C23H37N5O7/c1-13(29)18(22(33)28-19(14(2)30)23(34)35)27-21(32)17(10-6-7-11-24)26-20(31)16(25)12-15-8-4-3-5-9-15/h3-5,8-9,13-14,16-19,29-30H,6-7,10-12,24-25H2,1-2H3,(H,26,31)(H,27,32)(H,28,33)(H,34,35). The van der Waals surface area contributed by atoms with Gasteiger partial charge in [-0.1, -0.05) is 30.3 Å². The highest BCUT2D eigenvalue weighted by molar-refractivity contribution is 5.94. The Bertz CT molecular complexity index is 835. The van der Waals surface area contributed by atoms with Gasteiger partial charge in [0.15, 0.2) is 6.04 Å². The van der Waals surface area contributed by atoms with Crippen LogP contribution in [0.25, 0.3) is 0 Å². The fourth-order valence-corrected chi connectivity index (χ4v) is 3.29. The van der Waals surface area contributed by atoms with Crippen molar-refractivity contribution in [3.63, 3.8) is 0 Å². The van der Waals surface area contributed by atoms with Crippen molar-refractivity contribution in [1.29, 1.82) is 0 Å². The quantitative estimate of drug-likeness (QED) is 0.126. The Kier molecular flexibility index (Phi) is 12.9. The molecule has 1 aromatic rings. The lowest BCUT2D eigenvalue weighted by atomic mass is 10.0. The fourth-order valence-electron chi connectivity index (χ4n) is 3.29. The van der Waals surface area contributed by atoms with Crippen molar-refractivity contribution >= 4 is 23.7 Å². The van der Waals surface area contributed by atoms with Gasteiger partial charge in [-0.25, -0.2) is 4.79 Å². The van der Waals surface area contributed by atoms with Crippen LogP contribution in [0.3, 0.4) is 0 Å². The van der Waals surface area contributed by atoms with E-state index in [2.05, 4.69) is 16.0 Å². The number of carbonyl (C=O) groups excluding carboxylic acids is 3. The number of amides is 3. The highest BCUT2D eigenvalue weighted by Gasteiger charge is 2.33. The van der Waals surface area contributed by atoms with Crippen LogP contribution in [0.5, 0.6) is 0 Å². The number of carboxylic acid groups (broad SMARTS) is 1. The predicted octanol–water partition coefficient (Wildman–Crippen LogP) is -2.01. The molecule has 12 nitrogen and oxygen atoms in total. The molecule has 0 heterocycles. The summed E-state index contributed by atoms with van der Waals surface area (Å²) in [5.74, 6) is -3.81. The third-order valence-electron chi connectivity index (χ3n) is 5.32. The zero-order chi connectivity index (χ0) is 26.5. The van der Waals surface area contributed by atoms with E-state index in [4.69, 9.17) is 16.6 Å². The summed E-state index contributed by atoms with van der Waals surface area (Å²) < 4.78 is 0. The molecule has 0 radical (unpaired) electrons. The average molecular weight is 496 g/mol. The number of unbranched alkanes of at least 4 members (excludes halogenated alkanes) is 1. The summed E-state index contributed by atoms with van der Waals surface area (Å²) in [5, 5.41) is 35.8. The number of nitrogens with one attached hydrogen (secondary N) is 3. The van der Waals surface area contributed by atoms with Crippen LogP contribution in [0.15, 0.2) is 30.3 Å². The third kappa shape index (κ3) is 10.4. The van der Waals surface area contributed by atoms with Crippen LogP contribution in [-0.2, 0) is 25.6 Å². The molecule has 0 aliphatic heterocycles. The lowest BCUT2D eigenvalue weighted by Crippen LogP contribution is -2.61. The zero-order valence-electron chi connectivity index (χ0n) is 20.0. The van der Waals surface area contributed by atoms with Crippen LogP contribution in [0, 0.1) is 0 Å². The number of nitrogens with two attached hydrogens (primary N) is 2. The number of aliphatic hydroxyl groups excluding tert-OH is 2. The first-order valence-corrected chi connectivity index (χ1v) is 11.5. The smallest absolute Gasteiger partial charge is 0.328 e. The minimum Gasteiger partial charge on any atom is -0.480 e. The topological polar surface area (TPSA) is 217 Å². The molecule has 3 amide bonds. The second-order valence-corrected chi connectivity index (χ2v) is 8.43. The van der Waals surface area contributed by atoms with Gasteiger partial charge in [0.1, 0.15) is 12.1 Å². The predicted molar refractivity (Wildman–Crippen MR) is 128 cm³/mol. The number of benzene rings is 1. The normalized spacial score (nSPS) is 16.2. The highest BCUT2D eigenvalue weighted by Crippen LogP contribution is 2.06. The SMILES string of the molecule is CC(O)C(NC(=O)C(NC(=O)C(CCCCN)NC(=O)C(N)Cc1ccccc1)C(C)O)C(=O)O. The number of hydrogen-bond acceptors (Lipinski definition) is 8. The van der Waals surface area contributed by atoms with E-state index in [1.807, 2.05) is 30.3 Å². The number of hydrogen-bond donors (Lipinski definition) is 8. The van der Waals surface area contributed by atoms with Crippen LogP contribution in [-0.4, -0.2) is 81.9 Å². The highest BCUT2D eigenvalue weighted by atomic mass is 16.4. The van der Waals surface area contributed by atoms with Crippen molar-refractivity contribution in [2.24, 2.45) is 11.5 Å². The van der Waals surface area contributed by atoms with Gasteiger partial charge >= 0.3 is 5.97 Å². The van der Waals surface area contributed by atoms with E-state index >= 15 is 0 Å². The molecular weight excluding hydrogens is 458 g/mol. The van der Waals surface area contributed by atoms with E-state index in [0.29, 0.717) is 19.4 Å². The lowest BCUT2D eigenvalue weighted by Gasteiger charge is -2.27. The van der Waals surface area contributed by atoms with E-state index in [1.165, 1.54) is 13.8 Å². The van der Waals surface area contributed by atoms with Crippen LogP contribution in [0.4, 0.5) is 0 Å². The maximum Gasteiger partial charge on any atom is 0.328 e. The molecule has 0 fully saturated rings. The van der Waals surface area contributed by atoms with E-state index in [0.717, 1.165) is 5.56 Å². The Balaban J connectivity index is 2.93. The van der Waals surface area contributed by atoms with Gasteiger partial charge in [0.25, 0.3) is 0 Å². The monoisotopic (exact) mass is 495 g/mol. The molecule has 196 valence electrons. The van der Waals surface area contributed by atoms with E-state index < -0.39 is 60.1 Å². The van der Waals surface area contributed by atoms with E-state index in [-0.39, 0.29) is 12.8 Å². The molecule has 0 saturated carbocycles. The fraction of sp³-hybridized carbons (Fsp3) is 0.565. The molecule has 0 bridgehead atoms. The Morgan fingerprint density at radius 3 is 1.94 bits per heavy atom. The Labute approximate surface area is 204 Å². The molecule has 6 atom stereocenters. The largest absolute Gasteiger partial charge is 0.480 e. The maximum atomic E-state index is 13.0. The molecule has 0 aromatic heterocycles. The summed E-state index contributed by atoms with van der Waals surface area (Å²) in [4.78, 5) is 49.5. The molecule has 12 heteroatoms. The van der Waals surface area contributed by atoms with Gasteiger partial charge in [0.2, 0.25) is 17.7 Å². The van der Waals surface area contributed by atoms with Crippen LogP contribution >= 0.6 is 0 Å². The van der Waals surface area contributed by atoms with E-state index in [9.17, 15) is 29.4 Å². The van der Waals surface area contributed by atoms with Crippen LogP contribution < -0.4 is 27.4 Å². The number of aliphatic hydroxyl groups is 2. The second-order valence-electron chi connectivity index (χ2n) is 8.43. The minimum absolute atomic E-state index is 0.201. The molecule has 0 spiro atoms. The molecule has 10 N–H and O–H groups in total. The molecule has 35 heavy (non-hydrogen) atoms.